The molecule has 1 aromatic heterocycles. The zero-order valence-corrected chi connectivity index (χ0v) is 9.27. The van der Waals surface area contributed by atoms with E-state index in [1.165, 1.54) is 25.1 Å². The predicted octanol–water partition coefficient (Wildman–Crippen LogP) is 1.62. The van der Waals surface area contributed by atoms with Crippen molar-refractivity contribution in [3.8, 4) is 0 Å². The SMILES string of the molecule is CC(C)N1CCC(c2cnn(C)c2)C1. The second-order valence-electron chi connectivity index (χ2n) is 4.52. The third-order valence-electron chi connectivity index (χ3n) is 3.15. The second kappa shape index (κ2) is 3.73. The Balaban J connectivity index is 2.02. The summed E-state index contributed by atoms with van der Waals surface area (Å²) in [5.41, 5.74) is 1.40. The number of hydrogen-bond acceptors (Lipinski definition) is 2. The number of aryl methyl sites for hydroxylation is 1. The molecular weight excluding hydrogens is 174 g/mol. The molecule has 2 heterocycles. The maximum Gasteiger partial charge on any atom is 0.0524 e. The van der Waals surface area contributed by atoms with Gasteiger partial charge in [0.2, 0.25) is 0 Å². The summed E-state index contributed by atoms with van der Waals surface area (Å²) in [4.78, 5) is 2.54. The number of likely N-dealkylation sites (tertiary alicyclic amines) is 1. The Hall–Kier alpha value is -0.830. The fourth-order valence-electron chi connectivity index (χ4n) is 2.18. The van der Waals surface area contributed by atoms with Gasteiger partial charge in [-0.05, 0) is 32.4 Å². The molecule has 1 unspecified atom stereocenters. The molecule has 1 fully saturated rings. The second-order valence-corrected chi connectivity index (χ2v) is 4.52. The van der Waals surface area contributed by atoms with E-state index in [4.69, 9.17) is 0 Å². The van der Waals surface area contributed by atoms with Crippen molar-refractivity contribution >= 4 is 0 Å². The van der Waals surface area contributed by atoms with E-state index in [0.29, 0.717) is 12.0 Å². The van der Waals surface area contributed by atoms with Crippen molar-refractivity contribution in [1.29, 1.82) is 0 Å². The molecule has 0 spiro atoms. The first-order chi connectivity index (χ1) is 6.66. The molecule has 78 valence electrons. The average Bonchev–Trinajstić information content (AvgIpc) is 2.70. The summed E-state index contributed by atoms with van der Waals surface area (Å²) in [5.74, 6) is 0.700. The molecule has 0 saturated carbocycles. The van der Waals surface area contributed by atoms with Gasteiger partial charge in [0.25, 0.3) is 0 Å². The van der Waals surface area contributed by atoms with E-state index in [-0.39, 0.29) is 0 Å². The minimum absolute atomic E-state index is 0.677. The number of rotatable bonds is 2. The van der Waals surface area contributed by atoms with E-state index in [1.807, 2.05) is 17.9 Å². The predicted molar refractivity (Wildman–Crippen MR) is 57.3 cm³/mol. The van der Waals surface area contributed by atoms with Crippen molar-refractivity contribution in [1.82, 2.24) is 14.7 Å². The fraction of sp³-hybridized carbons (Fsp3) is 0.727. The highest BCUT2D eigenvalue weighted by molar-refractivity contribution is 5.13. The Kier molecular flexibility index (Phi) is 2.59. The van der Waals surface area contributed by atoms with Gasteiger partial charge in [-0.25, -0.2) is 0 Å². The van der Waals surface area contributed by atoms with Crippen molar-refractivity contribution in [2.75, 3.05) is 13.1 Å². The fourth-order valence-corrected chi connectivity index (χ4v) is 2.18. The van der Waals surface area contributed by atoms with Gasteiger partial charge >= 0.3 is 0 Å². The van der Waals surface area contributed by atoms with Gasteiger partial charge in [-0.3, -0.25) is 4.68 Å². The molecule has 0 N–H and O–H groups in total. The van der Waals surface area contributed by atoms with Crippen LogP contribution in [0.25, 0.3) is 0 Å². The van der Waals surface area contributed by atoms with Crippen LogP contribution < -0.4 is 0 Å². The summed E-state index contributed by atoms with van der Waals surface area (Å²) in [6.07, 6.45) is 5.44. The Morgan fingerprint density at radius 1 is 1.50 bits per heavy atom. The first-order valence-electron chi connectivity index (χ1n) is 5.39. The molecule has 0 radical (unpaired) electrons. The quantitative estimate of drug-likeness (QED) is 0.711. The van der Waals surface area contributed by atoms with Gasteiger partial charge in [-0.15, -0.1) is 0 Å². The van der Waals surface area contributed by atoms with Crippen LogP contribution in [0, 0.1) is 0 Å². The van der Waals surface area contributed by atoms with Crippen LogP contribution in [-0.2, 0) is 7.05 Å². The monoisotopic (exact) mass is 193 g/mol. The molecule has 0 bridgehead atoms. The lowest BCUT2D eigenvalue weighted by atomic mass is 10.0. The lowest BCUT2D eigenvalue weighted by Crippen LogP contribution is -2.27. The molecule has 1 aliphatic heterocycles. The summed E-state index contributed by atoms with van der Waals surface area (Å²) >= 11 is 0. The molecule has 1 atom stereocenters. The molecular formula is C11H19N3. The van der Waals surface area contributed by atoms with E-state index >= 15 is 0 Å². The molecule has 0 aliphatic carbocycles. The zero-order valence-electron chi connectivity index (χ0n) is 9.27. The van der Waals surface area contributed by atoms with Crippen molar-refractivity contribution in [3.05, 3.63) is 18.0 Å². The lowest BCUT2D eigenvalue weighted by Gasteiger charge is -2.19. The smallest absolute Gasteiger partial charge is 0.0524 e. The van der Waals surface area contributed by atoms with Crippen LogP contribution in [0.2, 0.25) is 0 Å². The van der Waals surface area contributed by atoms with Crippen molar-refractivity contribution < 1.29 is 0 Å². The first-order valence-corrected chi connectivity index (χ1v) is 5.39. The molecule has 0 aromatic carbocycles. The van der Waals surface area contributed by atoms with Gasteiger partial charge in [-0.1, -0.05) is 0 Å². The summed E-state index contributed by atoms with van der Waals surface area (Å²) < 4.78 is 1.90. The molecule has 3 heteroatoms. The van der Waals surface area contributed by atoms with E-state index in [0.717, 1.165) is 0 Å². The standard InChI is InChI=1S/C11H19N3/c1-9(2)14-5-4-10(8-14)11-6-12-13(3)7-11/h6-7,9-10H,4-5,8H2,1-3H3. The van der Waals surface area contributed by atoms with Crippen LogP contribution in [0.5, 0.6) is 0 Å². The topological polar surface area (TPSA) is 21.1 Å². The van der Waals surface area contributed by atoms with Gasteiger partial charge in [-0.2, -0.15) is 5.10 Å². The van der Waals surface area contributed by atoms with E-state index in [9.17, 15) is 0 Å². The lowest BCUT2D eigenvalue weighted by molar-refractivity contribution is 0.272. The van der Waals surface area contributed by atoms with E-state index in [2.05, 4.69) is 30.0 Å². The average molecular weight is 193 g/mol. The van der Waals surface area contributed by atoms with Gasteiger partial charge in [0.15, 0.2) is 0 Å². The number of hydrogen-bond donors (Lipinski definition) is 0. The first kappa shape index (κ1) is 9.71. The summed E-state index contributed by atoms with van der Waals surface area (Å²) in [7, 11) is 1.98. The molecule has 14 heavy (non-hydrogen) atoms. The van der Waals surface area contributed by atoms with Crippen LogP contribution in [0.1, 0.15) is 31.7 Å². The van der Waals surface area contributed by atoms with Crippen LogP contribution in [0.15, 0.2) is 12.4 Å². The Labute approximate surface area is 85.7 Å². The molecule has 1 saturated heterocycles. The van der Waals surface area contributed by atoms with E-state index < -0.39 is 0 Å². The van der Waals surface area contributed by atoms with Gasteiger partial charge < -0.3 is 4.90 Å². The summed E-state index contributed by atoms with van der Waals surface area (Å²) in [6, 6.07) is 0.677. The maximum atomic E-state index is 4.23. The number of aromatic nitrogens is 2. The third kappa shape index (κ3) is 1.82. The van der Waals surface area contributed by atoms with Gasteiger partial charge in [0, 0.05) is 31.7 Å². The normalized spacial score (nSPS) is 23.6. The Morgan fingerprint density at radius 3 is 2.79 bits per heavy atom. The third-order valence-corrected chi connectivity index (χ3v) is 3.15. The van der Waals surface area contributed by atoms with Crippen LogP contribution in [0.4, 0.5) is 0 Å². The highest BCUT2D eigenvalue weighted by Crippen LogP contribution is 2.27. The van der Waals surface area contributed by atoms with Gasteiger partial charge in [0.05, 0.1) is 6.20 Å². The van der Waals surface area contributed by atoms with Crippen molar-refractivity contribution in [2.24, 2.45) is 7.05 Å². The number of nitrogens with zero attached hydrogens (tertiary/aromatic N) is 3. The largest absolute Gasteiger partial charge is 0.300 e. The highest BCUT2D eigenvalue weighted by Gasteiger charge is 2.25. The maximum absolute atomic E-state index is 4.23. The molecule has 3 nitrogen and oxygen atoms in total. The van der Waals surface area contributed by atoms with Crippen LogP contribution in [0.3, 0.4) is 0 Å². The van der Waals surface area contributed by atoms with Crippen molar-refractivity contribution in [3.63, 3.8) is 0 Å². The molecule has 1 aliphatic rings. The van der Waals surface area contributed by atoms with Crippen LogP contribution in [-0.4, -0.2) is 33.8 Å². The molecule has 2 rings (SSSR count). The zero-order chi connectivity index (χ0) is 10.1. The minimum Gasteiger partial charge on any atom is -0.300 e. The summed E-state index contributed by atoms with van der Waals surface area (Å²) in [5, 5.41) is 4.23. The van der Waals surface area contributed by atoms with Crippen LogP contribution >= 0.6 is 0 Å². The molecule has 1 aromatic rings. The highest BCUT2D eigenvalue weighted by atomic mass is 15.2. The van der Waals surface area contributed by atoms with Gasteiger partial charge in [0.1, 0.15) is 0 Å². The minimum atomic E-state index is 0.677. The van der Waals surface area contributed by atoms with Crippen molar-refractivity contribution in [2.45, 2.75) is 32.2 Å². The summed E-state index contributed by atoms with van der Waals surface area (Å²) in [6.45, 7) is 6.97. The Bertz CT molecular complexity index is 303. The van der Waals surface area contributed by atoms with E-state index in [1.54, 1.807) is 0 Å². The molecule has 0 amide bonds. The Morgan fingerprint density at radius 2 is 2.29 bits per heavy atom.